The number of hydrogen-bond donors (Lipinski definition) is 6. The summed E-state index contributed by atoms with van der Waals surface area (Å²) >= 11 is 0. The van der Waals surface area contributed by atoms with Crippen LogP contribution in [0.1, 0.15) is 5.56 Å². The van der Waals surface area contributed by atoms with Crippen molar-refractivity contribution in [2.45, 2.75) is 6.54 Å². The van der Waals surface area contributed by atoms with Crippen LogP contribution in [0.5, 0.6) is 5.75 Å². The summed E-state index contributed by atoms with van der Waals surface area (Å²) in [6, 6.07) is 15.0. The van der Waals surface area contributed by atoms with E-state index in [4.69, 9.17) is 15.9 Å². The van der Waals surface area contributed by atoms with Gasteiger partial charge in [-0.3, -0.25) is 0 Å². The number of nitrogen functional groups attached to an aromatic ring is 1. The van der Waals surface area contributed by atoms with E-state index in [-0.39, 0.29) is 19.0 Å². The van der Waals surface area contributed by atoms with Crippen LogP contribution in [0.25, 0.3) is 0 Å². The van der Waals surface area contributed by atoms with Gasteiger partial charge >= 0.3 is 0 Å². The predicted molar refractivity (Wildman–Crippen MR) is 93.3 cm³/mol. The Balaban J connectivity index is 0.000000322. The highest BCUT2D eigenvalue weighted by Crippen LogP contribution is 2.23. The second-order valence-electron chi connectivity index (χ2n) is 4.76. The van der Waals surface area contributed by atoms with Crippen molar-refractivity contribution in [3.63, 3.8) is 0 Å². The zero-order chi connectivity index (χ0) is 16.9. The highest BCUT2D eigenvalue weighted by molar-refractivity contribution is 5.55. The summed E-state index contributed by atoms with van der Waals surface area (Å²) in [5.41, 5.74) is 8.12. The lowest BCUT2D eigenvalue weighted by molar-refractivity contribution is 0.266. The van der Waals surface area contributed by atoms with Crippen LogP contribution >= 0.6 is 0 Å². The quantitative estimate of drug-likeness (QED) is 0.337. The molecule has 0 atom stereocenters. The second kappa shape index (κ2) is 11.3. The zero-order valence-corrected chi connectivity index (χ0v) is 13.1. The molecule has 0 bridgehead atoms. The standard InChI is InChI=1S/C13H14N2O.C4H11NO2/c14-12-7-4-8-13(16)11(12)9-15-10-5-2-1-3-6-10;6-3-1-5-2-4-7/h1-8,15-16H,9,14H2;5-7H,1-4H2. The van der Waals surface area contributed by atoms with Crippen LogP contribution in [0.4, 0.5) is 11.4 Å². The molecule has 2 aromatic carbocycles. The lowest BCUT2D eigenvalue weighted by Gasteiger charge is -2.10. The monoisotopic (exact) mass is 319 g/mol. The van der Waals surface area contributed by atoms with Gasteiger partial charge < -0.3 is 31.7 Å². The van der Waals surface area contributed by atoms with E-state index in [1.165, 1.54) is 0 Å². The molecule has 0 saturated heterocycles. The summed E-state index contributed by atoms with van der Waals surface area (Å²) in [4.78, 5) is 0. The fourth-order valence-electron chi connectivity index (χ4n) is 1.81. The maximum absolute atomic E-state index is 9.65. The molecule has 0 amide bonds. The number of rotatable bonds is 7. The number of phenols is 1. The molecule has 0 aliphatic heterocycles. The highest BCUT2D eigenvalue weighted by atomic mass is 16.3. The van der Waals surface area contributed by atoms with Gasteiger partial charge in [0.15, 0.2) is 0 Å². The van der Waals surface area contributed by atoms with Crippen molar-refractivity contribution < 1.29 is 15.3 Å². The van der Waals surface area contributed by atoms with Gasteiger partial charge in [-0.15, -0.1) is 0 Å². The van der Waals surface area contributed by atoms with Gasteiger partial charge in [-0.25, -0.2) is 0 Å². The van der Waals surface area contributed by atoms with Crippen molar-refractivity contribution >= 4 is 11.4 Å². The van der Waals surface area contributed by atoms with Crippen molar-refractivity contribution in [1.29, 1.82) is 0 Å². The summed E-state index contributed by atoms with van der Waals surface area (Å²) in [5, 5.41) is 31.9. The van der Waals surface area contributed by atoms with Crippen molar-refractivity contribution in [1.82, 2.24) is 5.32 Å². The molecule has 0 unspecified atom stereocenters. The minimum atomic E-state index is 0.139. The number of aromatic hydroxyl groups is 1. The number of nitrogens with two attached hydrogens (primary N) is 1. The van der Waals surface area contributed by atoms with Gasteiger partial charge in [-0.1, -0.05) is 24.3 Å². The number of para-hydroxylation sites is 1. The summed E-state index contributed by atoms with van der Waals surface area (Å²) in [7, 11) is 0. The summed E-state index contributed by atoms with van der Waals surface area (Å²) in [6.07, 6.45) is 0. The summed E-state index contributed by atoms with van der Waals surface area (Å²) in [5.74, 6) is 0.225. The van der Waals surface area contributed by atoms with Crippen LogP contribution in [0.2, 0.25) is 0 Å². The topological polar surface area (TPSA) is 111 Å². The Labute approximate surface area is 136 Å². The van der Waals surface area contributed by atoms with Crippen LogP contribution in [-0.2, 0) is 6.54 Å². The lowest BCUT2D eigenvalue weighted by atomic mass is 10.1. The van der Waals surface area contributed by atoms with Crippen LogP contribution in [0, 0.1) is 0 Å². The number of nitrogens with one attached hydrogen (secondary N) is 2. The molecule has 0 spiro atoms. The summed E-state index contributed by atoms with van der Waals surface area (Å²) < 4.78 is 0. The summed E-state index contributed by atoms with van der Waals surface area (Å²) in [6.45, 7) is 1.93. The number of benzene rings is 2. The molecule has 2 aromatic rings. The molecule has 6 nitrogen and oxygen atoms in total. The van der Waals surface area contributed by atoms with Gasteiger partial charge in [0.05, 0.1) is 13.2 Å². The fourth-order valence-corrected chi connectivity index (χ4v) is 1.81. The molecule has 0 aromatic heterocycles. The third kappa shape index (κ3) is 7.51. The second-order valence-corrected chi connectivity index (χ2v) is 4.76. The Morgan fingerprint density at radius 2 is 1.52 bits per heavy atom. The van der Waals surface area contributed by atoms with Crippen molar-refractivity contribution in [3.05, 3.63) is 54.1 Å². The lowest BCUT2D eigenvalue weighted by Crippen LogP contribution is -2.21. The van der Waals surface area contributed by atoms with Gasteiger partial charge in [0.1, 0.15) is 5.75 Å². The van der Waals surface area contributed by atoms with E-state index < -0.39 is 0 Å². The van der Waals surface area contributed by atoms with Crippen LogP contribution in [0.15, 0.2) is 48.5 Å². The largest absolute Gasteiger partial charge is 0.508 e. The van der Waals surface area contributed by atoms with E-state index in [0.29, 0.717) is 25.3 Å². The molecule has 0 radical (unpaired) electrons. The molecule has 7 N–H and O–H groups in total. The highest BCUT2D eigenvalue weighted by Gasteiger charge is 2.04. The van der Waals surface area contributed by atoms with Gasteiger partial charge in [0.2, 0.25) is 0 Å². The molecule has 126 valence electrons. The maximum Gasteiger partial charge on any atom is 0.122 e. The van der Waals surface area contributed by atoms with E-state index in [0.717, 1.165) is 11.3 Å². The smallest absolute Gasteiger partial charge is 0.122 e. The van der Waals surface area contributed by atoms with Crippen molar-refractivity contribution in [3.8, 4) is 5.75 Å². The van der Waals surface area contributed by atoms with E-state index in [1.54, 1.807) is 18.2 Å². The van der Waals surface area contributed by atoms with Gasteiger partial charge in [0.25, 0.3) is 0 Å². The first-order valence-electron chi connectivity index (χ1n) is 7.46. The van der Waals surface area contributed by atoms with Crippen LogP contribution < -0.4 is 16.4 Å². The number of aliphatic hydroxyl groups excluding tert-OH is 2. The number of phenolic OH excluding ortho intramolecular Hbond substituents is 1. The number of aliphatic hydroxyl groups is 2. The van der Waals surface area contributed by atoms with E-state index in [2.05, 4.69) is 10.6 Å². The Morgan fingerprint density at radius 3 is 2.09 bits per heavy atom. The van der Waals surface area contributed by atoms with E-state index in [1.807, 2.05) is 30.3 Å². The minimum absolute atomic E-state index is 0.139. The van der Waals surface area contributed by atoms with Gasteiger partial charge in [-0.05, 0) is 24.3 Å². The Kier molecular flexibility index (Phi) is 9.23. The van der Waals surface area contributed by atoms with Crippen LogP contribution in [-0.4, -0.2) is 41.6 Å². The zero-order valence-electron chi connectivity index (χ0n) is 13.1. The molecule has 23 heavy (non-hydrogen) atoms. The Bertz CT molecular complexity index is 526. The maximum atomic E-state index is 9.65. The molecular weight excluding hydrogens is 294 g/mol. The average Bonchev–Trinajstić information content (AvgIpc) is 2.56. The Hall–Kier alpha value is -2.28. The van der Waals surface area contributed by atoms with Gasteiger partial charge in [0, 0.05) is 36.6 Å². The SMILES string of the molecule is Nc1cccc(O)c1CNc1ccccc1.OCCNCCO. The molecule has 6 heteroatoms. The molecule has 0 fully saturated rings. The molecule has 0 heterocycles. The molecule has 2 rings (SSSR count). The predicted octanol–water partition coefficient (Wildman–Crippen LogP) is 1.15. The van der Waals surface area contributed by atoms with Gasteiger partial charge in [-0.2, -0.15) is 0 Å². The van der Waals surface area contributed by atoms with E-state index in [9.17, 15) is 5.11 Å². The molecular formula is C17H25N3O3. The number of anilines is 2. The first-order valence-corrected chi connectivity index (χ1v) is 7.46. The minimum Gasteiger partial charge on any atom is -0.508 e. The van der Waals surface area contributed by atoms with Crippen molar-refractivity contribution in [2.24, 2.45) is 0 Å². The first kappa shape index (κ1) is 18.8. The first-order chi connectivity index (χ1) is 11.2. The normalized spacial score (nSPS) is 9.83. The average molecular weight is 319 g/mol. The van der Waals surface area contributed by atoms with E-state index >= 15 is 0 Å². The fraction of sp³-hybridized carbons (Fsp3) is 0.294. The number of hydrogen-bond acceptors (Lipinski definition) is 6. The third-order valence-corrected chi connectivity index (χ3v) is 3.01. The van der Waals surface area contributed by atoms with Crippen LogP contribution in [0.3, 0.4) is 0 Å². The molecule has 0 aliphatic rings. The Morgan fingerprint density at radius 1 is 0.870 bits per heavy atom. The molecule has 0 aliphatic carbocycles. The molecule has 0 saturated carbocycles. The third-order valence-electron chi connectivity index (χ3n) is 3.01. The van der Waals surface area contributed by atoms with Crippen molar-refractivity contribution in [2.75, 3.05) is 37.4 Å².